The van der Waals surface area contributed by atoms with E-state index in [1.807, 2.05) is 64.3 Å². The van der Waals surface area contributed by atoms with Crippen molar-refractivity contribution in [1.82, 2.24) is 9.62 Å². The molecule has 2 aromatic carbocycles. The summed E-state index contributed by atoms with van der Waals surface area (Å²) in [6.07, 6.45) is 0. The third-order valence-corrected chi connectivity index (χ3v) is 5.24. The Labute approximate surface area is 139 Å². The van der Waals surface area contributed by atoms with Crippen molar-refractivity contribution in [3.05, 3.63) is 64.7 Å². The Bertz CT molecular complexity index is 783. The van der Waals surface area contributed by atoms with Gasteiger partial charge in [-0.1, -0.05) is 42.0 Å². The van der Waals surface area contributed by atoms with Gasteiger partial charge < -0.3 is 4.90 Å². The van der Waals surface area contributed by atoms with E-state index in [1.165, 1.54) is 0 Å². The van der Waals surface area contributed by atoms with Crippen molar-refractivity contribution < 1.29 is 8.42 Å². The van der Waals surface area contributed by atoms with E-state index < -0.39 is 10.0 Å². The standard InChI is InChI=1S/C18H24N2O2S/c1-14-9-10-18(15(2)11-14)23(21,22)19-12-16-7-5-6-8-17(16)13-20(3)4/h5-11,19H,12-13H2,1-4H3. The van der Waals surface area contributed by atoms with Gasteiger partial charge in [0.2, 0.25) is 10.0 Å². The normalized spacial score (nSPS) is 11.9. The molecule has 0 unspecified atom stereocenters. The quantitative estimate of drug-likeness (QED) is 0.885. The van der Waals surface area contributed by atoms with Crippen LogP contribution >= 0.6 is 0 Å². The second kappa shape index (κ2) is 7.25. The van der Waals surface area contributed by atoms with Gasteiger partial charge in [0.15, 0.2) is 0 Å². The van der Waals surface area contributed by atoms with Crippen LogP contribution in [-0.2, 0) is 23.1 Å². The lowest BCUT2D eigenvalue weighted by Crippen LogP contribution is -2.25. The third-order valence-electron chi connectivity index (χ3n) is 3.68. The maximum Gasteiger partial charge on any atom is 0.241 e. The van der Waals surface area contributed by atoms with E-state index in [0.29, 0.717) is 11.4 Å². The molecule has 4 nitrogen and oxygen atoms in total. The number of aryl methyl sites for hydroxylation is 2. The summed E-state index contributed by atoms with van der Waals surface area (Å²) in [7, 11) is 0.479. The third kappa shape index (κ3) is 4.64. The van der Waals surface area contributed by atoms with Crippen LogP contribution in [0.4, 0.5) is 0 Å². The van der Waals surface area contributed by atoms with Crippen molar-refractivity contribution in [3.8, 4) is 0 Å². The van der Waals surface area contributed by atoms with Crippen molar-refractivity contribution in [1.29, 1.82) is 0 Å². The molecule has 0 aromatic heterocycles. The maximum atomic E-state index is 12.5. The molecule has 0 spiro atoms. The minimum absolute atomic E-state index is 0.291. The lowest BCUT2D eigenvalue weighted by Gasteiger charge is -2.15. The molecule has 0 aliphatic carbocycles. The average Bonchev–Trinajstić information content (AvgIpc) is 2.45. The Balaban J connectivity index is 2.20. The van der Waals surface area contributed by atoms with Crippen LogP contribution in [0.15, 0.2) is 47.4 Å². The molecule has 0 bridgehead atoms. The van der Waals surface area contributed by atoms with Gasteiger partial charge in [0.1, 0.15) is 0 Å². The number of nitrogens with one attached hydrogen (secondary N) is 1. The van der Waals surface area contributed by atoms with Gasteiger partial charge in [0, 0.05) is 13.1 Å². The van der Waals surface area contributed by atoms with Gasteiger partial charge in [-0.2, -0.15) is 0 Å². The largest absolute Gasteiger partial charge is 0.305 e. The van der Waals surface area contributed by atoms with Crippen LogP contribution in [0.1, 0.15) is 22.3 Å². The van der Waals surface area contributed by atoms with Gasteiger partial charge in [-0.05, 0) is 50.7 Å². The first kappa shape index (κ1) is 17.7. The summed E-state index contributed by atoms with van der Waals surface area (Å²) in [6.45, 7) is 4.84. The highest BCUT2D eigenvalue weighted by Crippen LogP contribution is 2.17. The van der Waals surface area contributed by atoms with Crippen molar-refractivity contribution in [2.75, 3.05) is 14.1 Å². The average molecular weight is 332 g/mol. The van der Waals surface area contributed by atoms with E-state index in [-0.39, 0.29) is 0 Å². The fourth-order valence-electron chi connectivity index (χ4n) is 2.58. The van der Waals surface area contributed by atoms with Gasteiger partial charge in [0.05, 0.1) is 4.90 Å². The van der Waals surface area contributed by atoms with E-state index in [1.54, 1.807) is 6.07 Å². The minimum atomic E-state index is -3.51. The summed E-state index contributed by atoms with van der Waals surface area (Å²) >= 11 is 0. The van der Waals surface area contributed by atoms with Crippen LogP contribution < -0.4 is 4.72 Å². The summed E-state index contributed by atoms with van der Waals surface area (Å²) in [5, 5.41) is 0. The molecule has 2 rings (SSSR count). The number of sulfonamides is 1. The van der Waals surface area contributed by atoms with Crippen molar-refractivity contribution in [2.24, 2.45) is 0 Å². The molecule has 0 saturated carbocycles. The number of hydrogen-bond donors (Lipinski definition) is 1. The van der Waals surface area contributed by atoms with Crippen molar-refractivity contribution >= 4 is 10.0 Å². The van der Waals surface area contributed by atoms with E-state index in [0.717, 1.165) is 28.8 Å². The molecule has 0 amide bonds. The predicted octanol–water partition coefficient (Wildman–Crippen LogP) is 2.84. The maximum absolute atomic E-state index is 12.5. The predicted molar refractivity (Wildman–Crippen MR) is 93.8 cm³/mol. The molecule has 0 aliphatic heterocycles. The van der Waals surface area contributed by atoms with Gasteiger partial charge in [-0.15, -0.1) is 0 Å². The molecular weight excluding hydrogens is 308 g/mol. The Morgan fingerprint density at radius 3 is 2.26 bits per heavy atom. The zero-order chi connectivity index (χ0) is 17.0. The summed E-state index contributed by atoms with van der Waals surface area (Å²) < 4.78 is 27.8. The first-order chi connectivity index (χ1) is 10.8. The zero-order valence-electron chi connectivity index (χ0n) is 14.1. The fraction of sp³-hybridized carbons (Fsp3) is 0.333. The van der Waals surface area contributed by atoms with Gasteiger partial charge in [-0.25, -0.2) is 13.1 Å². The van der Waals surface area contributed by atoms with Crippen molar-refractivity contribution in [2.45, 2.75) is 31.8 Å². The van der Waals surface area contributed by atoms with E-state index in [2.05, 4.69) is 9.62 Å². The molecule has 0 fully saturated rings. The smallest absolute Gasteiger partial charge is 0.241 e. The summed E-state index contributed by atoms with van der Waals surface area (Å²) in [5.74, 6) is 0. The molecule has 0 saturated heterocycles. The highest BCUT2D eigenvalue weighted by molar-refractivity contribution is 7.89. The topological polar surface area (TPSA) is 49.4 Å². The molecule has 5 heteroatoms. The SMILES string of the molecule is Cc1ccc(S(=O)(=O)NCc2ccccc2CN(C)C)c(C)c1. The number of benzene rings is 2. The van der Waals surface area contributed by atoms with Crippen LogP contribution in [0.2, 0.25) is 0 Å². The second-order valence-electron chi connectivity index (χ2n) is 6.10. The Hall–Kier alpha value is -1.69. The molecule has 0 atom stereocenters. The van der Waals surface area contributed by atoms with Gasteiger partial charge in [0.25, 0.3) is 0 Å². The fourth-order valence-corrected chi connectivity index (χ4v) is 3.81. The molecule has 124 valence electrons. The van der Waals surface area contributed by atoms with E-state index in [4.69, 9.17) is 0 Å². The minimum Gasteiger partial charge on any atom is -0.305 e. The summed E-state index contributed by atoms with van der Waals surface area (Å²) in [6, 6.07) is 13.3. The molecule has 0 radical (unpaired) electrons. The summed E-state index contributed by atoms with van der Waals surface area (Å²) in [5.41, 5.74) is 3.94. The second-order valence-corrected chi connectivity index (χ2v) is 7.84. The van der Waals surface area contributed by atoms with Crippen LogP contribution in [-0.4, -0.2) is 27.4 Å². The van der Waals surface area contributed by atoms with Crippen molar-refractivity contribution in [3.63, 3.8) is 0 Å². The highest BCUT2D eigenvalue weighted by atomic mass is 32.2. The molecule has 0 aliphatic rings. The van der Waals surface area contributed by atoms with E-state index in [9.17, 15) is 8.42 Å². The molecule has 1 N–H and O–H groups in total. The van der Waals surface area contributed by atoms with Crippen LogP contribution in [0.25, 0.3) is 0 Å². The Kier molecular flexibility index (Phi) is 5.57. The highest BCUT2D eigenvalue weighted by Gasteiger charge is 2.17. The lowest BCUT2D eigenvalue weighted by atomic mass is 10.1. The molecule has 0 heterocycles. The zero-order valence-corrected chi connectivity index (χ0v) is 14.9. The van der Waals surface area contributed by atoms with Crippen LogP contribution in [0.5, 0.6) is 0 Å². The Morgan fingerprint density at radius 1 is 1.00 bits per heavy atom. The van der Waals surface area contributed by atoms with Gasteiger partial charge >= 0.3 is 0 Å². The monoisotopic (exact) mass is 332 g/mol. The molecule has 2 aromatic rings. The number of hydrogen-bond acceptors (Lipinski definition) is 3. The first-order valence-corrected chi connectivity index (χ1v) is 9.06. The first-order valence-electron chi connectivity index (χ1n) is 7.58. The van der Waals surface area contributed by atoms with Crippen LogP contribution in [0, 0.1) is 13.8 Å². The van der Waals surface area contributed by atoms with Crippen LogP contribution in [0.3, 0.4) is 0 Å². The number of nitrogens with zero attached hydrogens (tertiary/aromatic N) is 1. The number of rotatable bonds is 6. The lowest BCUT2D eigenvalue weighted by molar-refractivity contribution is 0.400. The Morgan fingerprint density at radius 2 is 1.65 bits per heavy atom. The molecule has 23 heavy (non-hydrogen) atoms. The molecular formula is C18H24N2O2S. The van der Waals surface area contributed by atoms with Gasteiger partial charge in [-0.3, -0.25) is 0 Å². The summed E-state index contributed by atoms with van der Waals surface area (Å²) in [4.78, 5) is 2.41. The van der Waals surface area contributed by atoms with E-state index >= 15 is 0 Å².